The summed E-state index contributed by atoms with van der Waals surface area (Å²) < 4.78 is 91.6. The van der Waals surface area contributed by atoms with E-state index in [-0.39, 0.29) is 29.2 Å². The maximum atomic E-state index is 13.5. The van der Waals surface area contributed by atoms with Crippen molar-refractivity contribution in [3.8, 4) is 17.4 Å². The Morgan fingerprint density at radius 3 is 2.27 bits per heavy atom. The van der Waals surface area contributed by atoms with Crippen molar-refractivity contribution >= 4 is 11.9 Å². The quantitative estimate of drug-likeness (QED) is 0.219. The van der Waals surface area contributed by atoms with Crippen LogP contribution in [-0.2, 0) is 22.4 Å². The number of rotatable bonds is 9. The maximum absolute atomic E-state index is 13.5. The minimum absolute atomic E-state index is 0.0127. The fourth-order valence-corrected chi connectivity index (χ4v) is 4.84. The average molecular weight is 627 g/mol. The van der Waals surface area contributed by atoms with Gasteiger partial charge in [-0.1, -0.05) is 19.4 Å². The molecule has 0 aliphatic carbocycles. The van der Waals surface area contributed by atoms with Crippen LogP contribution < -0.4 is 14.8 Å². The molecule has 236 valence electrons. The number of nitrogens with zero attached hydrogens (tertiary/aromatic N) is 3. The minimum atomic E-state index is -6.04. The number of benzene rings is 1. The van der Waals surface area contributed by atoms with Gasteiger partial charge in [-0.3, -0.25) is 14.7 Å². The summed E-state index contributed by atoms with van der Waals surface area (Å²) in [4.78, 5) is 35.8. The molecule has 9 nitrogen and oxygen atoms in total. The van der Waals surface area contributed by atoms with Crippen molar-refractivity contribution < 1.29 is 50.5 Å². The lowest BCUT2D eigenvalue weighted by atomic mass is 9.90. The molecular formula is C29H28F6N4O5. The molecule has 1 saturated heterocycles. The molecule has 0 bridgehead atoms. The van der Waals surface area contributed by atoms with Gasteiger partial charge >= 0.3 is 18.4 Å². The fourth-order valence-electron chi connectivity index (χ4n) is 4.84. The molecule has 0 radical (unpaired) electrons. The number of aromatic nitrogens is 2. The van der Waals surface area contributed by atoms with E-state index in [9.17, 15) is 41.0 Å². The zero-order valence-electron chi connectivity index (χ0n) is 23.9. The van der Waals surface area contributed by atoms with Gasteiger partial charge < -0.3 is 19.9 Å². The third kappa shape index (κ3) is 5.63. The first kappa shape index (κ1) is 32.5. The van der Waals surface area contributed by atoms with Crippen LogP contribution in [0.3, 0.4) is 0 Å². The van der Waals surface area contributed by atoms with Crippen molar-refractivity contribution in [3.63, 3.8) is 0 Å². The highest BCUT2D eigenvalue weighted by Gasteiger charge is 2.71. The van der Waals surface area contributed by atoms with Crippen molar-refractivity contribution in [2.24, 2.45) is 0 Å². The first-order valence-corrected chi connectivity index (χ1v) is 13.3. The summed E-state index contributed by atoms with van der Waals surface area (Å²) in [6, 6.07) is 6.34. The Kier molecular flexibility index (Phi) is 8.57. The van der Waals surface area contributed by atoms with Crippen LogP contribution in [0.2, 0.25) is 0 Å². The van der Waals surface area contributed by atoms with Gasteiger partial charge in [0.1, 0.15) is 17.0 Å². The average Bonchev–Trinajstić information content (AvgIpc) is 3.20. The summed E-state index contributed by atoms with van der Waals surface area (Å²) in [7, 11) is 1.43. The number of carbonyl (C=O) groups is 2. The van der Waals surface area contributed by atoms with Crippen LogP contribution in [0.5, 0.6) is 17.4 Å². The van der Waals surface area contributed by atoms with Crippen LogP contribution >= 0.6 is 0 Å². The van der Waals surface area contributed by atoms with Crippen molar-refractivity contribution in [3.05, 3.63) is 77.2 Å². The van der Waals surface area contributed by atoms with Crippen LogP contribution in [0.4, 0.5) is 31.1 Å². The maximum Gasteiger partial charge on any atom is 0.430 e. The lowest BCUT2D eigenvalue weighted by Gasteiger charge is -2.33. The van der Waals surface area contributed by atoms with Gasteiger partial charge in [0.05, 0.1) is 18.8 Å². The summed E-state index contributed by atoms with van der Waals surface area (Å²) >= 11 is 0. The van der Waals surface area contributed by atoms with E-state index in [2.05, 4.69) is 15.3 Å². The van der Waals surface area contributed by atoms with E-state index in [0.717, 1.165) is 11.0 Å². The van der Waals surface area contributed by atoms with Crippen molar-refractivity contribution in [1.29, 1.82) is 0 Å². The highest BCUT2D eigenvalue weighted by atomic mass is 19.4. The molecule has 44 heavy (non-hydrogen) atoms. The number of ether oxygens (including phenoxy) is 2. The SMILES string of the molecule is CCCc1cc(C(O)(C(F)(F)F)C(F)(F)F)ccc1Oc1ccnc(C(C)N2C(=O)NC(C)(c3ccc(OC)nc3)C2=O)c1. The van der Waals surface area contributed by atoms with E-state index < -0.39 is 47.0 Å². The molecule has 2 atom stereocenters. The molecule has 0 spiro atoms. The number of pyridine rings is 2. The Hall–Kier alpha value is -4.40. The number of carbonyl (C=O) groups excluding carboxylic acids is 2. The minimum Gasteiger partial charge on any atom is -0.481 e. The normalized spacial score (nSPS) is 18.3. The molecule has 2 unspecified atom stereocenters. The largest absolute Gasteiger partial charge is 0.481 e. The number of imide groups is 1. The molecule has 1 fully saturated rings. The van der Waals surface area contributed by atoms with Gasteiger partial charge in [0.2, 0.25) is 5.88 Å². The summed E-state index contributed by atoms with van der Waals surface area (Å²) in [5.74, 6) is -0.240. The standard InChI is InChI=1S/C29H28F6N4O5/c1-5-6-17-13-18(27(42,28(30,31)32)29(33,34)35)7-9-22(17)44-20-11-12-36-21(14-20)16(2)39-24(40)26(3,38-25(39)41)19-8-10-23(43-4)37-15-19/h7-16,42H,5-6H2,1-4H3,(H,38,41). The summed E-state index contributed by atoms with van der Waals surface area (Å²) in [5.41, 5.74) is -7.32. The smallest absolute Gasteiger partial charge is 0.430 e. The van der Waals surface area contributed by atoms with E-state index in [1.807, 2.05) is 0 Å². The number of hydrogen-bond donors (Lipinski definition) is 2. The number of aliphatic hydroxyl groups is 1. The Morgan fingerprint density at radius 2 is 1.70 bits per heavy atom. The van der Waals surface area contributed by atoms with Crippen molar-refractivity contribution in [2.45, 2.75) is 63.1 Å². The van der Waals surface area contributed by atoms with Gasteiger partial charge in [0.25, 0.3) is 11.5 Å². The van der Waals surface area contributed by atoms with Crippen LogP contribution in [0.1, 0.15) is 55.6 Å². The summed E-state index contributed by atoms with van der Waals surface area (Å²) in [5, 5.41) is 12.5. The first-order valence-electron chi connectivity index (χ1n) is 13.3. The predicted molar refractivity (Wildman–Crippen MR) is 143 cm³/mol. The molecule has 3 heterocycles. The number of amides is 3. The molecule has 3 aromatic rings. The molecular weight excluding hydrogens is 598 g/mol. The third-order valence-corrected chi connectivity index (χ3v) is 7.36. The lowest BCUT2D eigenvalue weighted by molar-refractivity contribution is -0.376. The first-order chi connectivity index (χ1) is 20.5. The molecule has 1 aliphatic heterocycles. The van der Waals surface area contributed by atoms with Crippen LogP contribution in [0.25, 0.3) is 0 Å². The van der Waals surface area contributed by atoms with Gasteiger partial charge in [-0.05, 0) is 50.1 Å². The Labute approximate surface area is 247 Å². The second kappa shape index (κ2) is 11.6. The molecule has 15 heteroatoms. The number of halogens is 6. The highest BCUT2D eigenvalue weighted by Crippen LogP contribution is 2.50. The Morgan fingerprint density at radius 1 is 1.02 bits per heavy atom. The number of hydrogen-bond acceptors (Lipinski definition) is 7. The van der Waals surface area contributed by atoms with Gasteiger partial charge in [-0.15, -0.1) is 0 Å². The van der Waals surface area contributed by atoms with Crippen LogP contribution in [-0.4, -0.2) is 51.4 Å². The second-order valence-corrected chi connectivity index (χ2v) is 10.3. The van der Waals surface area contributed by atoms with E-state index >= 15 is 0 Å². The van der Waals surface area contributed by atoms with E-state index in [1.54, 1.807) is 26.0 Å². The number of nitrogens with one attached hydrogen (secondary N) is 1. The van der Waals surface area contributed by atoms with Gasteiger partial charge in [0.15, 0.2) is 0 Å². The van der Waals surface area contributed by atoms with Gasteiger partial charge in [0, 0.05) is 35.7 Å². The molecule has 1 aromatic carbocycles. The number of urea groups is 1. The van der Waals surface area contributed by atoms with Crippen LogP contribution in [0.15, 0.2) is 54.9 Å². The number of methoxy groups -OCH3 is 1. The Bertz CT molecular complexity index is 1530. The van der Waals surface area contributed by atoms with Gasteiger partial charge in [-0.2, -0.15) is 26.3 Å². The molecule has 3 amide bonds. The highest BCUT2D eigenvalue weighted by molar-refractivity contribution is 6.07. The molecule has 1 aliphatic rings. The van der Waals surface area contributed by atoms with Crippen molar-refractivity contribution in [1.82, 2.24) is 20.2 Å². The van der Waals surface area contributed by atoms with E-state index in [4.69, 9.17) is 9.47 Å². The summed E-state index contributed by atoms with van der Waals surface area (Å²) in [6.45, 7) is 4.73. The molecule has 2 N–H and O–H groups in total. The fraction of sp³-hybridized carbons (Fsp3) is 0.379. The lowest BCUT2D eigenvalue weighted by Crippen LogP contribution is -2.53. The van der Waals surface area contributed by atoms with E-state index in [0.29, 0.717) is 30.0 Å². The zero-order valence-corrected chi connectivity index (χ0v) is 23.9. The number of aryl methyl sites for hydroxylation is 1. The predicted octanol–water partition coefficient (Wildman–Crippen LogP) is 6.07. The van der Waals surface area contributed by atoms with Crippen LogP contribution in [0, 0.1) is 0 Å². The van der Waals surface area contributed by atoms with Crippen molar-refractivity contribution in [2.75, 3.05) is 7.11 Å². The van der Waals surface area contributed by atoms with Gasteiger partial charge in [-0.25, -0.2) is 9.78 Å². The Balaban J connectivity index is 1.63. The third-order valence-electron chi connectivity index (χ3n) is 7.36. The monoisotopic (exact) mass is 626 g/mol. The molecule has 0 saturated carbocycles. The topological polar surface area (TPSA) is 114 Å². The molecule has 2 aromatic heterocycles. The summed E-state index contributed by atoms with van der Waals surface area (Å²) in [6.07, 6.45) is -8.99. The number of alkyl halides is 6. The molecule has 4 rings (SSSR count). The second-order valence-electron chi connectivity index (χ2n) is 10.3. The zero-order chi connectivity index (χ0) is 32.7. The van der Waals surface area contributed by atoms with E-state index in [1.165, 1.54) is 38.6 Å².